The molecule has 17 heavy (non-hydrogen) atoms. The Morgan fingerprint density at radius 2 is 1.88 bits per heavy atom. The molecule has 2 aliphatic rings. The zero-order valence-corrected chi connectivity index (χ0v) is 11.2. The van der Waals surface area contributed by atoms with E-state index in [0.29, 0.717) is 17.9 Å². The highest BCUT2D eigenvalue weighted by atomic mass is 16.3. The molecule has 1 aliphatic carbocycles. The molecule has 100 valence electrons. The van der Waals surface area contributed by atoms with Gasteiger partial charge in [-0.25, -0.2) is 0 Å². The summed E-state index contributed by atoms with van der Waals surface area (Å²) in [5.41, 5.74) is 0.542. The first kappa shape index (κ1) is 13.3. The lowest BCUT2D eigenvalue weighted by atomic mass is 9.84. The Morgan fingerprint density at radius 3 is 2.41 bits per heavy atom. The maximum absolute atomic E-state index is 9.17. The van der Waals surface area contributed by atoms with Gasteiger partial charge in [-0.1, -0.05) is 12.8 Å². The topological polar surface area (TPSA) is 35.5 Å². The lowest BCUT2D eigenvalue weighted by molar-refractivity contribution is 0.0900. The van der Waals surface area contributed by atoms with E-state index in [0.717, 1.165) is 0 Å². The summed E-state index contributed by atoms with van der Waals surface area (Å²) in [5, 5.41) is 12.6. The van der Waals surface area contributed by atoms with Crippen LogP contribution in [0.25, 0.3) is 0 Å². The average molecular weight is 240 g/mol. The zero-order chi connectivity index (χ0) is 12.1. The third kappa shape index (κ3) is 3.43. The molecule has 1 aliphatic heterocycles. The molecule has 3 heteroatoms. The fourth-order valence-electron chi connectivity index (χ4n) is 3.69. The van der Waals surface area contributed by atoms with Crippen LogP contribution in [0.15, 0.2) is 0 Å². The summed E-state index contributed by atoms with van der Waals surface area (Å²) in [5.74, 6) is 0.565. The normalized spacial score (nSPS) is 26.5. The van der Waals surface area contributed by atoms with Crippen LogP contribution in [0.1, 0.15) is 38.5 Å². The molecule has 0 atom stereocenters. The third-order valence-electron chi connectivity index (χ3n) is 4.74. The molecule has 0 amide bonds. The fraction of sp³-hybridized carbons (Fsp3) is 1.00. The predicted octanol–water partition coefficient (Wildman–Crippen LogP) is 1.47. The smallest absolute Gasteiger partial charge is 0.0460 e. The molecule has 0 aromatic heterocycles. The number of hydrogen-bond acceptors (Lipinski definition) is 3. The molecule has 0 bridgehead atoms. The summed E-state index contributed by atoms with van der Waals surface area (Å²) in [6.45, 7) is 5.21. The van der Waals surface area contributed by atoms with Crippen molar-refractivity contribution in [2.75, 3.05) is 39.8 Å². The molecule has 1 saturated carbocycles. The maximum Gasteiger partial charge on any atom is 0.0460 e. The SMILES string of the molecule is CNCC1(CN2CCC(CO)CC2)CCCC1. The first-order chi connectivity index (χ1) is 8.28. The van der Waals surface area contributed by atoms with Crippen molar-refractivity contribution in [2.45, 2.75) is 38.5 Å². The number of nitrogens with one attached hydrogen (secondary N) is 1. The van der Waals surface area contributed by atoms with Gasteiger partial charge in [-0.2, -0.15) is 0 Å². The molecule has 3 nitrogen and oxygen atoms in total. The second-order valence-electron chi connectivity index (χ2n) is 6.14. The minimum absolute atomic E-state index is 0.384. The minimum Gasteiger partial charge on any atom is -0.396 e. The van der Waals surface area contributed by atoms with Crippen molar-refractivity contribution in [2.24, 2.45) is 11.3 Å². The molecule has 1 saturated heterocycles. The van der Waals surface area contributed by atoms with Gasteiger partial charge in [0.15, 0.2) is 0 Å². The van der Waals surface area contributed by atoms with Gasteiger partial charge in [0.2, 0.25) is 0 Å². The number of likely N-dealkylation sites (tertiary alicyclic amines) is 1. The van der Waals surface area contributed by atoms with E-state index in [9.17, 15) is 0 Å². The number of rotatable bonds is 5. The van der Waals surface area contributed by atoms with Crippen LogP contribution in [-0.4, -0.2) is 49.8 Å². The van der Waals surface area contributed by atoms with Gasteiger partial charge in [0.25, 0.3) is 0 Å². The van der Waals surface area contributed by atoms with E-state index in [-0.39, 0.29) is 0 Å². The van der Waals surface area contributed by atoms with Crippen LogP contribution < -0.4 is 5.32 Å². The largest absolute Gasteiger partial charge is 0.396 e. The standard InChI is InChI=1S/C14H28N2O/c1-15-11-14(6-2-3-7-14)12-16-8-4-13(10-17)5-9-16/h13,15,17H,2-12H2,1H3. The van der Waals surface area contributed by atoms with Crippen molar-refractivity contribution in [1.29, 1.82) is 0 Å². The average Bonchev–Trinajstić information content (AvgIpc) is 2.79. The molecule has 0 spiro atoms. The number of nitrogens with zero attached hydrogens (tertiary/aromatic N) is 1. The lowest BCUT2D eigenvalue weighted by Crippen LogP contribution is -2.45. The van der Waals surface area contributed by atoms with Gasteiger partial charge in [0.05, 0.1) is 0 Å². The fourth-order valence-corrected chi connectivity index (χ4v) is 3.69. The van der Waals surface area contributed by atoms with E-state index < -0.39 is 0 Å². The number of piperidine rings is 1. The van der Waals surface area contributed by atoms with Crippen LogP contribution in [0.3, 0.4) is 0 Å². The third-order valence-corrected chi connectivity index (χ3v) is 4.74. The summed E-state index contributed by atoms with van der Waals surface area (Å²) < 4.78 is 0. The second-order valence-corrected chi connectivity index (χ2v) is 6.14. The highest BCUT2D eigenvalue weighted by Crippen LogP contribution is 2.38. The van der Waals surface area contributed by atoms with Gasteiger partial charge >= 0.3 is 0 Å². The Hall–Kier alpha value is -0.120. The Kier molecular flexibility index (Phi) is 4.83. The van der Waals surface area contributed by atoms with E-state index >= 15 is 0 Å². The van der Waals surface area contributed by atoms with Gasteiger partial charge in [-0.15, -0.1) is 0 Å². The van der Waals surface area contributed by atoms with Crippen molar-refractivity contribution in [3.05, 3.63) is 0 Å². The summed E-state index contributed by atoms with van der Waals surface area (Å²) in [6, 6.07) is 0. The summed E-state index contributed by atoms with van der Waals surface area (Å²) in [4.78, 5) is 2.63. The van der Waals surface area contributed by atoms with Gasteiger partial charge in [-0.3, -0.25) is 0 Å². The molecule has 0 radical (unpaired) electrons. The van der Waals surface area contributed by atoms with Crippen LogP contribution in [0.4, 0.5) is 0 Å². The van der Waals surface area contributed by atoms with Crippen LogP contribution in [-0.2, 0) is 0 Å². The first-order valence-electron chi connectivity index (χ1n) is 7.26. The number of aliphatic hydroxyl groups is 1. The maximum atomic E-state index is 9.17. The second kappa shape index (κ2) is 6.17. The molecule has 2 rings (SSSR count). The summed E-state index contributed by atoms with van der Waals surface area (Å²) in [7, 11) is 2.08. The molecule has 0 unspecified atom stereocenters. The van der Waals surface area contributed by atoms with Crippen LogP contribution >= 0.6 is 0 Å². The van der Waals surface area contributed by atoms with E-state index in [2.05, 4.69) is 17.3 Å². The van der Waals surface area contributed by atoms with E-state index in [1.54, 1.807) is 0 Å². The van der Waals surface area contributed by atoms with Crippen molar-refractivity contribution < 1.29 is 5.11 Å². The number of hydrogen-bond donors (Lipinski definition) is 2. The van der Waals surface area contributed by atoms with Gasteiger partial charge in [-0.05, 0) is 57.2 Å². The van der Waals surface area contributed by atoms with E-state index in [4.69, 9.17) is 5.11 Å². The molecule has 0 aromatic carbocycles. The van der Waals surface area contributed by atoms with E-state index in [1.165, 1.54) is 64.7 Å². The minimum atomic E-state index is 0.384. The van der Waals surface area contributed by atoms with Gasteiger partial charge in [0, 0.05) is 19.7 Å². The Bertz CT molecular complexity index is 218. The van der Waals surface area contributed by atoms with Crippen molar-refractivity contribution in [1.82, 2.24) is 10.2 Å². The molecular weight excluding hydrogens is 212 g/mol. The van der Waals surface area contributed by atoms with E-state index in [1.807, 2.05) is 0 Å². The molecule has 2 fully saturated rings. The van der Waals surface area contributed by atoms with Gasteiger partial charge < -0.3 is 15.3 Å². The molecule has 0 aromatic rings. The Balaban J connectivity index is 1.82. The monoisotopic (exact) mass is 240 g/mol. The highest BCUT2D eigenvalue weighted by Gasteiger charge is 2.35. The van der Waals surface area contributed by atoms with Crippen molar-refractivity contribution in [3.63, 3.8) is 0 Å². The zero-order valence-electron chi connectivity index (χ0n) is 11.2. The van der Waals surface area contributed by atoms with Crippen LogP contribution in [0, 0.1) is 11.3 Å². The Labute approximate surface area is 106 Å². The van der Waals surface area contributed by atoms with Crippen molar-refractivity contribution in [3.8, 4) is 0 Å². The molecule has 1 heterocycles. The number of aliphatic hydroxyl groups excluding tert-OH is 1. The van der Waals surface area contributed by atoms with Crippen LogP contribution in [0.2, 0.25) is 0 Å². The van der Waals surface area contributed by atoms with Crippen LogP contribution in [0.5, 0.6) is 0 Å². The Morgan fingerprint density at radius 1 is 1.24 bits per heavy atom. The van der Waals surface area contributed by atoms with Crippen molar-refractivity contribution >= 4 is 0 Å². The molecule has 2 N–H and O–H groups in total. The lowest BCUT2D eigenvalue weighted by Gasteiger charge is -2.38. The quantitative estimate of drug-likeness (QED) is 0.764. The predicted molar refractivity (Wildman–Crippen MR) is 71.1 cm³/mol. The highest BCUT2D eigenvalue weighted by molar-refractivity contribution is 4.90. The summed E-state index contributed by atoms with van der Waals surface area (Å²) in [6.07, 6.45) is 7.99. The first-order valence-corrected chi connectivity index (χ1v) is 7.26. The van der Waals surface area contributed by atoms with Gasteiger partial charge in [0.1, 0.15) is 0 Å². The summed E-state index contributed by atoms with van der Waals surface area (Å²) >= 11 is 0. The molecular formula is C14H28N2O.